The number of nitrogens with one attached hydrogen (secondary N) is 2. The van der Waals surface area contributed by atoms with Crippen LogP contribution in [0.15, 0.2) is 73.4 Å². The summed E-state index contributed by atoms with van der Waals surface area (Å²) in [6.45, 7) is 9.87. The Balaban J connectivity index is 0.646. The number of aryl methyl sites for hydroxylation is 2. The van der Waals surface area contributed by atoms with E-state index >= 15 is 0 Å². The van der Waals surface area contributed by atoms with E-state index in [1.165, 1.54) is 6.33 Å². The Kier molecular flexibility index (Phi) is 13.2. The molecule has 2 spiro atoms. The summed E-state index contributed by atoms with van der Waals surface area (Å²) in [7, 11) is 3.19. The molecule has 0 bridgehead atoms. The van der Waals surface area contributed by atoms with Crippen molar-refractivity contribution in [1.82, 2.24) is 44.7 Å². The monoisotopic (exact) mass is 1030 g/mol. The summed E-state index contributed by atoms with van der Waals surface area (Å²) in [4.78, 5) is 60.0. The quantitative estimate of drug-likeness (QED) is 0.0814. The third-order valence-electron chi connectivity index (χ3n) is 15.8. The van der Waals surface area contributed by atoms with Gasteiger partial charge in [0.25, 0.3) is 0 Å². The van der Waals surface area contributed by atoms with Crippen molar-refractivity contribution in [2.75, 3.05) is 73.4 Å². The van der Waals surface area contributed by atoms with Crippen LogP contribution in [-0.4, -0.2) is 130 Å². The minimum atomic E-state index is -0.161. The van der Waals surface area contributed by atoms with Gasteiger partial charge in [0.2, 0.25) is 17.7 Å². The molecule has 19 heteroatoms. The fourth-order valence-corrected chi connectivity index (χ4v) is 11.3. The Bertz CT molecular complexity index is 3480. The number of amides is 2. The lowest BCUT2D eigenvalue weighted by Crippen LogP contribution is -2.53. The lowest BCUT2D eigenvalue weighted by molar-refractivity contribution is -0.211. The number of benzene rings is 2. The van der Waals surface area contributed by atoms with Crippen LogP contribution in [0.3, 0.4) is 0 Å². The molecule has 0 aliphatic carbocycles. The highest BCUT2D eigenvalue weighted by Gasteiger charge is 2.52. The summed E-state index contributed by atoms with van der Waals surface area (Å²) in [5.41, 5.74) is 6.09. The number of piperidine rings is 2. The molecule has 1 atom stereocenters. The van der Waals surface area contributed by atoms with Gasteiger partial charge in [-0.05, 0) is 88.8 Å². The number of methoxy groups -OCH3 is 2. The van der Waals surface area contributed by atoms with Crippen molar-refractivity contribution in [2.45, 2.75) is 71.3 Å². The number of hydrogen-bond acceptors (Lipinski definition) is 15. The summed E-state index contributed by atoms with van der Waals surface area (Å²) in [5, 5.41) is 3.28. The maximum absolute atomic E-state index is 13.6. The number of hydrogen-bond donors (Lipinski definition) is 2. The number of aromatic nitrogens is 7. The van der Waals surface area contributed by atoms with Crippen LogP contribution in [0.5, 0.6) is 46.1 Å². The molecule has 6 aromatic heterocycles. The van der Waals surface area contributed by atoms with Crippen molar-refractivity contribution < 1.29 is 47.5 Å². The second-order valence-corrected chi connectivity index (χ2v) is 20.7. The molecule has 0 saturated carbocycles. The number of ether oxygens (including phenoxy) is 8. The number of nitrogens with zero attached hydrogens (tertiary/aromatic N) is 7. The molecular weight excluding hydrogens is 971 g/mol. The van der Waals surface area contributed by atoms with E-state index in [4.69, 9.17) is 42.9 Å². The molecular formula is C57H61N9O10. The Morgan fingerprint density at radius 1 is 0.658 bits per heavy atom. The molecule has 0 radical (unpaired) electrons. The number of aromatic amines is 2. The molecule has 394 valence electrons. The lowest BCUT2D eigenvalue weighted by Gasteiger charge is -2.53. The fourth-order valence-electron chi connectivity index (χ4n) is 11.3. The lowest BCUT2D eigenvalue weighted by atomic mass is 9.68. The van der Waals surface area contributed by atoms with Gasteiger partial charge in [0.15, 0.2) is 23.0 Å². The molecule has 10 heterocycles. The van der Waals surface area contributed by atoms with E-state index in [2.05, 4.69) is 36.8 Å². The van der Waals surface area contributed by atoms with E-state index < -0.39 is 0 Å². The van der Waals surface area contributed by atoms with Crippen LogP contribution in [0.2, 0.25) is 0 Å². The minimum absolute atomic E-state index is 0.103. The topological polar surface area (TPSA) is 210 Å². The zero-order valence-corrected chi connectivity index (χ0v) is 43.2. The molecule has 4 fully saturated rings. The number of fused-ring (bicyclic) bond motifs is 4. The first-order valence-corrected chi connectivity index (χ1v) is 26.2. The van der Waals surface area contributed by atoms with Crippen LogP contribution in [0, 0.1) is 24.7 Å². The van der Waals surface area contributed by atoms with E-state index in [9.17, 15) is 9.59 Å². The van der Waals surface area contributed by atoms with E-state index in [1.54, 1.807) is 44.9 Å². The largest absolute Gasteiger partial charge is 0.493 e. The zero-order valence-electron chi connectivity index (χ0n) is 43.2. The van der Waals surface area contributed by atoms with E-state index in [1.807, 2.05) is 53.1 Å². The van der Waals surface area contributed by atoms with Crippen molar-refractivity contribution >= 4 is 55.7 Å². The minimum Gasteiger partial charge on any atom is -0.493 e. The average Bonchev–Trinajstić information content (AvgIpc) is 3.97. The van der Waals surface area contributed by atoms with Gasteiger partial charge < -0.3 is 57.7 Å². The first-order valence-electron chi connectivity index (χ1n) is 26.2. The summed E-state index contributed by atoms with van der Waals surface area (Å²) in [6.07, 6.45) is 11.9. The summed E-state index contributed by atoms with van der Waals surface area (Å²) in [5.74, 6) is 4.46. The number of pyridine rings is 3. The van der Waals surface area contributed by atoms with Gasteiger partial charge in [0.05, 0.1) is 82.2 Å². The van der Waals surface area contributed by atoms with Crippen LogP contribution in [0.1, 0.15) is 74.4 Å². The van der Waals surface area contributed by atoms with Crippen molar-refractivity contribution in [1.29, 1.82) is 0 Å². The van der Waals surface area contributed by atoms with Crippen LogP contribution in [0.4, 0.5) is 0 Å². The maximum Gasteiger partial charge on any atom is 0.230 e. The number of likely N-dealkylation sites (tertiary alicyclic amines) is 2. The number of carbonyl (C=O) groups excluding carboxylic acids is 2. The third-order valence-corrected chi connectivity index (χ3v) is 15.8. The van der Waals surface area contributed by atoms with Crippen LogP contribution in [0.25, 0.3) is 43.9 Å². The Morgan fingerprint density at radius 3 is 1.95 bits per heavy atom. The van der Waals surface area contributed by atoms with Crippen molar-refractivity contribution in [3.05, 3.63) is 90.4 Å². The van der Waals surface area contributed by atoms with Gasteiger partial charge in [0.1, 0.15) is 34.9 Å². The summed E-state index contributed by atoms with van der Waals surface area (Å²) < 4.78 is 48.5. The normalized spacial score (nSPS) is 17.8. The first-order chi connectivity index (χ1) is 37.1. The molecule has 4 aliphatic heterocycles. The second kappa shape index (κ2) is 20.4. The fraction of sp³-hybridized carbons (Fsp3) is 0.421. The summed E-state index contributed by atoms with van der Waals surface area (Å²) >= 11 is 0. The van der Waals surface area contributed by atoms with Gasteiger partial charge in [-0.15, -0.1) is 0 Å². The SMILES string of the molecule is COc1cc2c(Oc3cnc4[nH]c(C)c(C5OCC56CCN(C(=O)CCCOc5cc7ncnc(Oc8cnc9[nH]c(C)cc9c8)c7cc5OC)CC6)c4c3)ccnc2cc1OCCCC(=O)N1CCC2(CC1)COC2. The van der Waals surface area contributed by atoms with E-state index in [0.717, 1.165) is 96.4 Å². The highest BCUT2D eigenvalue weighted by Crippen LogP contribution is 2.55. The molecule has 2 amide bonds. The van der Waals surface area contributed by atoms with Gasteiger partial charge in [-0.3, -0.25) is 14.6 Å². The van der Waals surface area contributed by atoms with Crippen molar-refractivity contribution in [2.24, 2.45) is 10.8 Å². The van der Waals surface area contributed by atoms with Crippen molar-refractivity contribution in [3.63, 3.8) is 0 Å². The molecule has 8 aromatic rings. The maximum atomic E-state index is 13.6. The molecule has 19 nitrogen and oxygen atoms in total. The smallest absolute Gasteiger partial charge is 0.230 e. The van der Waals surface area contributed by atoms with Gasteiger partial charge in [0, 0.05) is 101 Å². The number of carbonyl (C=O) groups is 2. The van der Waals surface area contributed by atoms with Gasteiger partial charge in [-0.1, -0.05) is 0 Å². The Hall–Kier alpha value is -7.77. The van der Waals surface area contributed by atoms with Crippen LogP contribution < -0.4 is 28.4 Å². The predicted molar refractivity (Wildman–Crippen MR) is 282 cm³/mol. The Labute approximate surface area is 438 Å². The highest BCUT2D eigenvalue weighted by atomic mass is 16.5. The molecule has 4 saturated heterocycles. The first kappa shape index (κ1) is 49.1. The Morgan fingerprint density at radius 2 is 1.30 bits per heavy atom. The van der Waals surface area contributed by atoms with Crippen molar-refractivity contribution in [3.8, 4) is 46.1 Å². The number of rotatable bonds is 17. The second-order valence-electron chi connectivity index (χ2n) is 20.7. The van der Waals surface area contributed by atoms with Crippen LogP contribution >= 0.6 is 0 Å². The standard InChI is InChI=1S/C57H61N9O10/c1-34-21-36-22-37(28-59-53(36)63-34)76-55-40-25-46(70-4)48(27-43(40)61-33-62-55)73-20-6-8-50(68)66-17-12-57(13-18-66)32-74-52(57)51-35(2)64-54-41(51)23-38(29-60-54)75-44-9-14-58-42-26-47(45(69-3)24-39(42)44)72-19-5-7-49(67)65-15-10-56(11-16-65)30-71-31-56/h9,14,21-29,33,52H,5-8,10-13,15-20,30-32H2,1-4H3,(H,59,63)(H,60,64). The predicted octanol–water partition coefficient (Wildman–Crippen LogP) is 9.49. The molecule has 12 rings (SSSR count). The average molecular weight is 1030 g/mol. The summed E-state index contributed by atoms with van der Waals surface area (Å²) in [6, 6.07) is 15.1. The molecule has 2 N–H and O–H groups in total. The number of H-pyrrole nitrogens is 2. The van der Waals surface area contributed by atoms with Gasteiger partial charge >= 0.3 is 0 Å². The zero-order chi connectivity index (χ0) is 52.0. The third kappa shape index (κ3) is 9.50. The molecule has 4 aliphatic rings. The van der Waals surface area contributed by atoms with Gasteiger partial charge in [-0.2, -0.15) is 0 Å². The van der Waals surface area contributed by atoms with E-state index in [0.29, 0.717) is 127 Å². The molecule has 2 aromatic carbocycles. The van der Waals surface area contributed by atoms with E-state index in [-0.39, 0.29) is 23.3 Å². The van der Waals surface area contributed by atoms with Gasteiger partial charge in [-0.25, -0.2) is 19.9 Å². The van der Waals surface area contributed by atoms with Crippen LogP contribution in [-0.2, 0) is 19.1 Å². The highest BCUT2D eigenvalue weighted by molar-refractivity contribution is 5.90. The molecule has 76 heavy (non-hydrogen) atoms. The molecule has 1 unspecified atom stereocenters.